The van der Waals surface area contributed by atoms with Crippen molar-refractivity contribution in [3.05, 3.63) is 64.0 Å². The first-order valence-electron chi connectivity index (χ1n) is 11.8. The number of amides is 1. The van der Waals surface area contributed by atoms with Crippen LogP contribution in [0, 0.1) is 0 Å². The highest BCUT2D eigenvalue weighted by Crippen LogP contribution is 2.45. The molecule has 2 aliphatic rings. The largest absolute Gasteiger partial charge is 0.380 e. The molecule has 1 aliphatic heterocycles. The maximum absolute atomic E-state index is 13.2. The van der Waals surface area contributed by atoms with E-state index in [9.17, 15) is 4.79 Å². The number of rotatable bonds is 4. The molecule has 11 heteroatoms. The lowest BCUT2D eigenvalue weighted by Crippen LogP contribution is -2.34. The smallest absolute Gasteiger partial charge is 0.294 e. The SMILES string of the molecule is NOc1nc2c(s1)-c1c(c(-c3cccnc3)nn1-c1ccc(C(=O)N3CCCNCC3)cc1Br)CC2. The predicted octanol–water partition coefficient (Wildman–Crippen LogP) is 3.61. The number of carbonyl (C=O) groups is 1. The molecule has 3 N–H and O–H groups in total. The summed E-state index contributed by atoms with van der Waals surface area (Å²) in [5.41, 5.74) is 6.38. The summed E-state index contributed by atoms with van der Waals surface area (Å²) < 4.78 is 2.72. The van der Waals surface area contributed by atoms with Crippen molar-refractivity contribution in [1.82, 2.24) is 30.0 Å². The van der Waals surface area contributed by atoms with E-state index in [-0.39, 0.29) is 5.91 Å². The molecule has 1 aliphatic carbocycles. The number of nitrogens with two attached hydrogens (primary N) is 1. The second-order valence-corrected chi connectivity index (χ2v) is 10.6. The van der Waals surface area contributed by atoms with E-state index < -0.39 is 0 Å². The van der Waals surface area contributed by atoms with Crippen LogP contribution in [0.15, 0.2) is 47.2 Å². The highest BCUT2D eigenvalue weighted by atomic mass is 79.9. The van der Waals surface area contributed by atoms with Crippen LogP contribution in [0.4, 0.5) is 0 Å². The molecule has 1 aromatic carbocycles. The van der Waals surface area contributed by atoms with E-state index >= 15 is 0 Å². The second-order valence-electron chi connectivity index (χ2n) is 8.76. The van der Waals surface area contributed by atoms with E-state index in [1.54, 1.807) is 6.20 Å². The van der Waals surface area contributed by atoms with Gasteiger partial charge in [-0.25, -0.2) is 9.67 Å². The van der Waals surface area contributed by atoms with E-state index in [0.717, 1.165) is 82.1 Å². The third-order valence-electron chi connectivity index (χ3n) is 6.57. The summed E-state index contributed by atoms with van der Waals surface area (Å²) >= 11 is 5.14. The number of halogens is 1. The number of hydrogen-bond acceptors (Lipinski definition) is 8. The third kappa shape index (κ3) is 4.11. The number of aryl methyl sites for hydroxylation is 1. The number of nitrogens with zero attached hydrogens (tertiary/aromatic N) is 5. The summed E-state index contributed by atoms with van der Waals surface area (Å²) in [5, 5.41) is 8.82. The molecule has 0 atom stereocenters. The minimum atomic E-state index is 0.0407. The summed E-state index contributed by atoms with van der Waals surface area (Å²) in [5.74, 6) is 5.48. The molecule has 1 saturated heterocycles. The van der Waals surface area contributed by atoms with Crippen molar-refractivity contribution in [2.45, 2.75) is 19.3 Å². The number of pyridine rings is 1. The lowest BCUT2D eigenvalue weighted by Gasteiger charge is -2.20. The minimum absolute atomic E-state index is 0.0407. The van der Waals surface area contributed by atoms with Gasteiger partial charge in [-0.3, -0.25) is 9.78 Å². The van der Waals surface area contributed by atoms with Crippen LogP contribution < -0.4 is 16.1 Å². The van der Waals surface area contributed by atoms with Crippen molar-refractivity contribution >= 4 is 33.2 Å². The Hall–Kier alpha value is -3.12. The summed E-state index contributed by atoms with van der Waals surface area (Å²) in [4.78, 5) is 29.9. The van der Waals surface area contributed by atoms with Crippen molar-refractivity contribution in [3.63, 3.8) is 0 Å². The fraction of sp³-hybridized carbons (Fsp3) is 0.280. The topological polar surface area (TPSA) is 111 Å². The highest BCUT2D eigenvalue weighted by molar-refractivity contribution is 9.10. The van der Waals surface area contributed by atoms with Crippen LogP contribution >= 0.6 is 27.3 Å². The van der Waals surface area contributed by atoms with Gasteiger partial charge in [0.25, 0.3) is 11.1 Å². The number of thiazole rings is 1. The van der Waals surface area contributed by atoms with Gasteiger partial charge in [-0.05, 0) is 72.1 Å². The molecule has 184 valence electrons. The Morgan fingerprint density at radius 1 is 1.19 bits per heavy atom. The summed E-state index contributed by atoms with van der Waals surface area (Å²) in [6.07, 6.45) is 6.10. The number of benzene rings is 1. The van der Waals surface area contributed by atoms with Gasteiger partial charge in [-0.15, -0.1) is 0 Å². The molecule has 0 spiro atoms. The number of hydrogen-bond donors (Lipinski definition) is 2. The first-order chi connectivity index (χ1) is 17.6. The quantitative estimate of drug-likeness (QED) is 0.363. The number of nitrogens with one attached hydrogen (secondary N) is 1. The molecule has 6 rings (SSSR count). The molecule has 4 aromatic rings. The molecule has 1 fully saturated rings. The van der Waals surface area contributed by atoms with Gasteiger partial charge in [0.05, 0.1) is 27.6 Å². The lowest BCUT2D eigenvalue weighted by molar-refractivity contribution is 0.0766. The number of aromatic nitrogens is 4. The summed E-state index contributed by atoms with van der Waals surface area (Å²) in [7, 11) is 0. The van der Waals surface area contributed by atoms with Gasteiger partial charge in [-0.1, -0.05) is 11.3 Å². The van der Waals surface area contributed by atoms with Crippen LogP contribution in [-0.4, -0.2) is 56.7 Å². The van der Waals surface area contributed by atoms with Crippen molar-refractivity contribution in [2.75, 3.05) is 26.2 Å². The Morgan fingerprint density at radius 3 is 2.92 bits per heavy atom. The molecule has 4 heterocycles. The monoisotopic (exact) mass is 565 g/mol. The molecule has 3 aromatic heterocycles. The van der Waals surface area contributed by atoms with Gasteiger partial charge in [0.2, 0.25) is 0 Å². The predicted molar refractivity (Wildman–Crippen MR) is 141 cm³/mol. The van der Waals surface area contributed by atoms with Crippen LogP contribution in [0.25, 0.3) is 27.5 Å². The molecular formula is C25H24BrN7O2S. The molecule has 0 saturated carbocycles. The summed E-state index contributed by atoms with van der Waals surface area (Å²) in [6, 6.07) is 9.64. The molecule has 0 radical (unpaired) electrons. The molecular weight excluding hydrogens is 542 g/mol. The number of fused-ring (bicyclic) bond motifs is 3. The van der Waals surface area contributed by atoms with Gasteiger partial charge in [-0.2, -0.15) is 11.0 Å². The molecule has 1 amide bonds. The maximum Gasteiger partial charge on any atom is 0.294 e. The zero-order chi connectivity index (χ0) is 24.6. The Kier molecular flexibility index (Phi) is 6.30. The molecule has 36 heavy (non-hydrogen) atoms. The highest BCUT2D eigenvalue weighted by Gasteiger charge is 2.31. The Morgan fingerprint density at radius 2 is 2.11 bits per heavy atom. The van der Waals surface area contributed by atoms with E-state index in [2.05, 4.69) is 31.2 Å². The maximum atomic E-state index is 13.2. The first-order valence-corrected chi connectivity index (χ1v) is 13.4. The van der Waals surface area contributed by atoms with E-state index in [1.807, 2.05) is 46.1 Å². The van der Waals surface area contributed by atoms with E-state index in [4.69, 9.17) is 15.8 Å². The van der Waals surface area contributed by atoms with Gasteiger partial charge in [0.15, 0.2) is 0 Å². The van der Waals surface area contributed by atoms with Crippen molar-refractivity contribution in [2.24, 2.45) is 5.90 Å². The fourth-order valence-electron chi connectivity index (χ4n) is 4.85. The average molecular weight is 566 g/mol. The van der Waals surface area contributed by atoms with E-state index in [1.165, 1.54) is 11.3 Å². The van der Waals surface area contributed by atoms with Gasteiger partial charge < -0.3 is 15.1 Å². The van der Waals surface area contributed by atoms with Crippen LogP contribution in [0.2, 0.25) is 0 Å². The standard InChI is InChI=1S/C25H24BrN7O2S/c26-18-13-15(24(34)32-11-2-9-28-10-12-32)4-7-20(18)33-22-17(21(31-33)16-3-1-8-29-14-16)5-6-19-23(22)36-25(30-19)35-27/h1,3-4,7-8,13-14,28H,2,5-6,9-12,27H2. The Labute approximate surface area is 220 Å². The first kappa shape index (κ1) is 23.3. The van der Waals surface area contributed by atoms with Crippen molar-refractivity contribution in [3.8, 4) is 32.7 Å². The lowest BCUT2D eigenvalue weighted by atomic mass is 9.95. The van der Waals surface area contributed by atoms with Crippen LogP contribution in [0.5, 0.6) is 5.19 Å². The van der Waals surface area contributed by atoms with E-state index in [0.29, 0.717) is 17.3 Å². The van der Waals surface area contributed by atoms with Crippen LogP contribution in [-0.2, 0) is 12.8 Å². The zero-order valence-corrected chi connectivity index (χ0v) is 21.8. The summed E-state index contributed by atoms with van der Waals surface area (Å²) in [6.45, 7) is 3.21. The number of carbonyl (C=O) groups excluding carboxylic acids is 1. The Balaban J connectivity index is 1.46. The minimum Gasteiger partial charge on any atom is -0.380 e. The zero-order valence-electron chi connectivity index (χ0n) is 19.4. The molecule has 0 unspecified atom stereocenters. The average Bonchev–Trinajstić information content (AvgIpc) is 3.40. The normalized spacial score (nSPS) is 15.2. The van der Waals surface area contributed by atoms with Crippen LogP contribution in [0.3, 0.4) is 0 Å². The second kappa shape index (κ2) is 9.74. The van der Waals surface area contributed by atoms with Gasteiger partial charge in [0.1, 0.15) is 0 Å². The Bertz CT molecular complexity index is 1430. The van der Waals surface area contributed by atoms with Gasteiger partial charge >= 0.3 is 0 Å². The van der Waals surface area contributed by atoms with Gasteiger partial charge in [0, 0.05) is 53.2 Å². The molecule has 9 nitrogen and oxygen atoms in total. The third-order valence-corrected chi connectivity index (χ3v) is 8.20. The van der Waals surface area contributed by atoms with Crippen molar-refractivity contribution < 1.29 is 9.63 Å². The van der Waals surface area contributed by atoms with Crippen molar-refractivity contribution in [1.29, 1.82) is 0 Å². The van der Waals surface area contributed by atoms with Crippen LogP contribution in [0.1, 0.15) is 28.0 Å². The fourth-order valence-corrected chi connectivity index (χ4v) is 6.35. The molecule has 0 bridgehead atoms.